The van der Waals surface area contributed by atoms with Gasteiger partial charge in [0.2, 0.25) is 0 Å². The van der Waals surface area contributed by atoms with Crippen LogP contribution in [0.4, 0.5) is 0 Å². The van der Waals surface area contributed by atoms with Gasteiger partial charge in [-0.05, 0) is 62.8 Å². The maximum absolute atomic E-state index is 6.22. The summed E-state index contributed by atoms with van der Waals surface area (Å²) in [6, 6.07) is 9.45. The zero-order valence-corrected chi connectivity index (χ0v) is 13.9. The molecule has 0 saturated carbocycles. The molecule has 0 spiro atoms. The molecule has 0 radical (unpaired) electrons. The highest BCUT2D eigenvalue weighted by molar-refractivity contribution is 7.98. The average molecular weight is 292 g/mol. The summed E-state index contributed by atoms with van der Waals surface area (Å²) in [5.41, 5.74) is 9.37. The molecule has 2 nitrogen and oxygen atoms in total. The molecule has 0 amide bonds. The summed E-state index contributed by atoms with van der Waals surface area (Å²) < 4.78 is 0. The van der Waals surface area contributed by atoms with Gasteiger partial charge in [0.25, 0.3) is 0 Å². The Morgan fingerprint density at radius 3 is 2.70 bits per heavy atom. The van der Waals surface area contributed by atoms with Gasteiger partial charge in [0.1, 0.15) is 0 Å². The van der Waals surface area contributed by atoms with Crippen molar-refractivity contribution < 1.29 is 0 Å². The fourth-order valence-corrected chi connectivity index (χ4v) is 3.93. The number of thioether (sulfide) groups is 1. The molecule has 2 atom stereocenters. The molecule has 0 fully saturated rings. The Kier molecular flexibility index (Phi) is 5.53. The van der Waals surface area contributed by atoms with Crippen LogP contribution in [0.25, 0.3) is 0 Å². The van der Waals surface area contributed by atoms with Crippen molar-refractivity contribution in [3.05, 3.63) is 35.4 Å². The van der Waals surface area contributed by atoms with E-state index in [-0.39, 0.29) is 5.54 Å². The lowest BCUT2D eigenvalue weighted by molar-refractivity contribution is 0.0695. The van der Waals surface area contributed by atoms with Crippen molar-refractivity contribution in [1.82, 2.24) is 4.90 Å². The predicted molar refractivity (Wildman–Crippen MR) is 90.5 cm³/mol. The van der Waals surface area contributed by atoms with E-state index in [2.05, 4.69) is 49.4 Å². The summed E-state index contributed by atoms with van der Waals surface area (Å²) in [4.78, 5) is 2.55. The van der Waals surface area contributed by atoms with E-state index in [0.717, 1.165) is 19.4 Å². The van der Waals surface area contributed by atoms with E-state index in [1.807, 2.05) is 11.8 Å². The first-order valence-corrected chi connectivity index (χ1v) is 9.01. The van der Waals surface area contributed by atoms with E-state index in [1.165, 1.54) is 29.7 Å². The fourth-order valence-electron chi connectivity index (χ4n) is 3.35. The molecule has 3 heteroatoms. The van der Waals surface area contributed by atoms with Gasteiger partial charge in [0, 0.05) is 18.1 Å². The summed E-state index contributed by atoms with van der Waals surface area (Å²) in [5, 5.41) is 0. The first-order chi connectivity index (χ1) is 9.63. The predicted octanol–water partition coefficient (Wildman–Crippen LogP) is 2.95. The first-order valence-electron chi connectivity index (χ1n) is 7.61. The van der Waals surface area contributed by atoms with Gasteiger partial charge < -0.3 is 5.73 Å². The number of hydrogen-bond donors (Lipinski definition) is 1. The Labute approximate surface area is 128 Å². The highest BCUT2D eigenvalue weighted by atomic mass is 32.2. The minimum absolute atomic E-state index is 0.145. The van der Waals surface area contributed by atoms with Crippen molar-refractivity contribution in [3.8, 4) is 0 Å². The van der Waals surface area contributed by atoms with E-state index < -0.39 is 0 Å². The quantitative estimate of drug-likeness (QED) is 0.874. The van der Waals surface area contributed by atoms with E-state index in [9.17, 15) is 0 Å². The Morgan fingerprint density at radius 1 is 1.35 bits per heavy atom. The summed E-state index contributed by atoms with van der Waals surface area (Å²) in [6.45, 7) is 3.09. The second-order valence-electron chi connectivity index (χ2n) is 6.12. The molecule has 1 aromatic rings. The molecule has 0 heterocycles. The first kappa shape index (κ1) is 15.9. The van der Waals surface area contributed by atoms with Gasteiger partial charge in [-0.1, -0.05) is 24.3 Å². The molecule has 20 heavy (non-hydrogen) atoms. The Hall–Kier alpha value is -0.510. The Morgan fingerprint density at radius 2 is 2.05 bits per heavy atom. The molecule has 1 aliphatic rings. The zero-order chi connectivity index (χ0) is 14.6. The summed E-state index contributed by atoms with van der Waals surface area (Å²) in [7, 11) is 2.27. The normalized spacial score (nSPS) is 23.6. The molecule has 0 aromatic heterocycles. The van der Waals surface area contributed by atoms with Gasteiger partial charge in [0.05, 0.1) is 0 Å². The van der Waals surface area contributed by atoms with Gasteiger partial charge in [-0.25, -0.2) is 0 Å². The summed E-state index contributed by atoms with van der Waals surface area (Å²) >= 11 is 1.93. The maximum Gasteiger partial charge on any atom is 0.0374 e. The van der Waals surface area contributed by atoms with Crippen molar-refractivity contribution in [1.29, 1.82) is 0 Å². The maximum atomic E-state index is 6.22. The monoisotopic (exact) mass is 292 g/mol. The Balaban J connectivity index is 2.15. The fraction of sp³-hybridized carbons (Fsp3) is 0.647. The van der Waals surface area contributed by atoms with Crippen LogP contribution in [0.1, 0.15) is 30.9 Å². The van der Waals surface area contributed by atoms with Crippen LogP contribution in [-0.2, 0) is 12.8 Å². The zero-order valence-electron chi connectivity index (χ0n) is 13.1. The lowest BCUT2D eigenvalue weighted by atomic mass is 9.76. The Bertz CT molecular complexity index is 435. The molecular formula is C17H28N2S. The third-order valence-corrected chi connectivity index (χ3v) is 5.67. The highest BCUT2D eigenvalue weighted by Gasteiger charge is 2.38. The number of rotatable bonds is 6. The van der Waals surface area contributed by atoms with Crippen molar-refractivity contribution in [2.75, 3.05) is 25.6 Å². The van der Waals surface area contributed by atoms with Crippen molar-refractivity contribution in [3.63, 3.8) is 0 Å². The van der Waals surface area contributed by atoms with Crippen LogP contribution in [0.2, 0.25) is 0 Å². The van der Waals surface area contributed by atoms with Crippen LogP contribution >= 0.6 is 11.8 Å². The lowest BCUT2D eigenvalue weighted by Gasteiger charge is -2.47. The van der Waals surface area contributed by atoms with Gasteiger partial charge in [0.15, 0.2) is 0 Å². The molecule has 2 rings (SSSR count). The number of benzene rings is 1. The van der Waals surface area contributed by atoms with E-state index >= 15 is 0 Å². The second-order valence-corrected chi connectivity index (χ2v) is 7.10. The van der Waals surface area contributed by atoms with Gasteiger partial charge in [-0.2, -0.15) is 11.8 Å². The molecule has 0 saturated heterocycles. The molecular weight excluding hydrogens is 264 g/mol. The molecule has 1 aliphatic carbocycles. The van der Waals surface area contributed by atoms with E-state index in [4.69, 9.17) is 5.73 Å². The molecule has 0 aliphatic heterocycles. The van der Waals surface area contributed by atoms with Gasteiger partial charge in [-0.3, -0.25) is 4.90 Å². The lowest BCUT2D eigenvalue weighted by Crippen LogP contribution is -2.58. The third kappa shape index (κ3) is 3.21. The van der Waals surface area contributed by atoms with Crippen molar-refractivity contribution in [2.45, 2.75) is 44.2 Å². The van der Waals surface area contributed by atoms with Crippen molar-refractivity contribution >= 4 is 11.8 Å². The SMILES string of the molecule is CSCCC(C)N(C)C1(CN)CCc2ccccc2C1. The standard InChI is InChI=1S/C17H28N2S/c1-14(9-11-20-3)19(2)17(13-18)10-8-15-6-4-5-7-16(15)12-17/h4-7,14H,8-13,18H2,1-3H3. The van der Waals surface area contributed by atoms with Gasteiger partial charge >= 0.3 is 0 Å². The van der Waals surface area contributed by atoms with E-state index in [1.54, 1.807) is 0 Å². The topological polar surface area (TPSA) is 29.3 Å². The number of aryl methyl sites for hydroxylation is 1. The molecule has 0 bridgehead atoms. The third-order valence-electron chi connectivity index (χ3n) is 5.03. The van der Waals surface area contributed by atoms with Crippen molar-refractivity contribution in [2.24, 2.45) is 5.73 Å². The van der Waals surface area contributed by atoms with Crippen LogP contribution in [0.3, 0.4) is 0 Å². The highest BCUT2D eigenvalue weighted by Crippen LogP contribution is 2.33. The van der Waals surface area contributed by atoms with Crippen LogP contribution in [0, 0.1) is 0 Å². The number of nitrogens with two attached hydrogens (primary N) is 1. The summed E-state index contributed by atoms with van der Waals surface area (Å²) in [6.07, 6.45) is 6.86. The summed E-state index contributed by atoms with van der Waals surface area (Å²) in [5.74, 6) is 1.22. The number of fused-ring (bicyclic) bond motifs is 1. The second kappa shape index (κ2) is 6.97. The molecule has 2 N–H and O–H groups in total. The minimum Gasteiger partial charge on any atom is -0.329 e. The number of likely N-dealkylation sites (N-methyl/N-ethyl adjacent to an activating group) is 1. The van der Waals surface area contributed by atoms with Crippen LogP contribution in [0.5, 0.6) is 0 Å². The number of nitrogens with zero attached hydrogens (tertiary/aromatic N) is 1. The number of hydrogen-bond acceptors (Lipinski definition) is 3. The van der Waals surface area contributed by atoms with E-state index in [0.29, 0.717) is 6.04 Å². The smallest absolute Gasteiger partial charge is 0.0374 e. The molecule has 2 unspecified atom stereocenters. The molecule has 1 aromatic carbocycles. The average Bonchev–Trinajstić information content (AvgIpc) is 2.51. The molecule has 112 valence electrons. The minimum atomic E-state index is 0.145. The van der Waals surface area contributed by atoms with Crippen LogP contribution in [-0.4, -0.2) is 42.1 Å². The van der Waals surface area contributed by atoms with Crippen LogP contribution < -0.4 is 5.73 Å². The van der Waals surface area contributed by atoms with Crippen LogP contribution in [0.15, 0.2) is 24.3 Å². The largest absolute Gasteiger partial charge is 0.329 e. The van der Waals surface area contributed by atoms with Gasteiger partial charge in [-0.15, -0.1) is 0 Å².